The first-order chi connectivity index (χ1) is 16.0. The molecular formula is C30H37F3. The lowest BCUT2D eigenvalue weighted by Crippen LogP contribution is -2.15. The van der Waals surface area contributed by atoms with E-state index in [1.165, 1.54) is 63.0 Å². The van der Waals surface area contributed by atoms with Crippen LogP contribution in [0.15, 0.2) is 35.9 Å². The van der Waals surface area contributed by atoms with Crippen LogP contribution in [-0.2, 0) is 19.3 Å². The lowest BCUT2D eigenvalue weighted by atomic mass is 9.77. The number of hydrogen-bond donors (Lipinski definition) is 0. The quantitative estimate of drug-likeness (QED) is 0.349. The first-order valence-corrected chi connectivity index (χ1v) is 13.0. The second-order valence-electron chi connectivity index (χ2n) is 10.2. The Morgan fingerprint density at radius 1 is 0.818 bits per heavy atom. The summed E-state index contributed by atoms with van der Waals surface area (Å²) in [7, 11) is 0. The summed E-state index contributed by atoms with van der Waals surface area (Å²) in [5.74, 6) is -0.523. The summed E-state index contributed by atoms with van der Waals surface area (Å²) in [5, 5.41) is 0. The fourth-order valence-electron chi connectivity index (χ4n) is 5.74. The van der Waals surface area contributed by atoms with Crippen molar-refractivity contribution in [1.82, 2.24) is 0 Å². The normalized spacial score (nSPS) is 20.5. The van der Waals surface area contributed by atoms with E-state index in [2.05, 4.69) is 13.0 Å². The molecule has 4 rings (SSSR count). The van der Waals surface area contributed by atoms with Gasteiger partial charge in [-0.15, -0.1) is 0 Å². The molecule has 0 aliphatic heterocycles. The number of halogens is 3. The van der Waals surface area contributed by atoms with Crippen molar-refractivity contribution in [2.45, 2.75) is 90.9 Å². The monoisotopic (exact) mass is 454 g/mol. The summed E-state index contributed by atoms with van der Waals surface area (Å²) in [4.78, 5) is 0. The van der Waals surface area contributed by atoms with Gasteiger partial charge in [0.25, 0.3) is 0 Å². The predicted molar refractivity (Wildman–Crippen MR) is 131 cm³/mol. The third-order valence-corrected chi connectivity index (χ3v) is 7.96. The summed E-state index contributed by atoms with van der Waals surface area (Å²) in [6, 6.07) is 6.33. The number of benzene rings is 2. The zero-order valence-corrected chi connectivity index (χ0v) is 20.2. The fourth-order valence-corrected chi connectivity index (χ4v) is 5.74. The summed E-state index contributed by atoms with van der Waals surface area (Å²) >= 11 is 0. The molecule has 0 saturated heterocycles. The molecule has 2 aliphatic carbocycles. The molecule has 3 heteroatoms. The molecule has 0 nitrogen and oxygen atoms in total. The van der Waals surface area contributed by atoms with Gasteiger partial charge in [-0.05, 0) is 72.8 Å². The van der Waals surface area contributed by atoms with Crippen molar-refractivity contribution in [3.63, 3.8) is 0 Å². The molecule has 2 aromatic rings. The summed E-state index contributed by atoms with van der Waals surface area (Å²) in [6.07, 6.45) is 16.1. The van der Waals surface area contributed by atoms with Crippen LogP contribution >= 0.6 is 0 Å². The minimum absolute atomic E-state index is 0.00863. The Hall–Kier alpha value is -2.03. The zero-order valence-electron chi connectivity index (χ0n) is 20.2. The van der Waals surface area contributed by atoms with E-state index in [9.17, 15) is 13.2 Å². The van der Waals surface area contributed by atoms with E-state index >= 15 is 0 Å². The van der Waals surface area contributed by atoms with E-state index in [-0.39, 0.29) is 11.1 Å². The van der Waals surface area contributed by atoms with E-state index in [1.54, 1.807) is 25.1 Å². The topological polar surface area (TPSA) is 0 Å². The first kappa shape index (κ1) is 24.1. The minimum Gasteiger partial charge on any atom is -0.206 e. The number of aryl methyl sites for hydroxylation is 1. The predicted octanol–water partition coefficient (Wildman–Crippen LogP) is 9.14. The van der Waals surface area contributed by atoms with Crippen LogP contribution in [-0.4, -0.2) is 0 Å². The third kappa shape index (κ3) is 5.55. The highest BCUT2D eigenvalue weighted by molar-refractivity contribution is 5.67. The van der Waals surface area contributed by atoms with Crippen LogP contribution in [0.3, 0.4) is 0 Å². The maximum atomic E-state index is 15.0. The van der Waals surface area contributed by atoms with Gasteiger partial charge in [-0.1, -0.05) is 82.6 Å². The molecule has 1 saturated carbocycles. The smallest absolute Gasteiger partial charge is 0.167 e. The Bertz CT molecular complexity index is 996. The minimum atomic E-state index is -0.954. The molecule has 2 aromatic carbocycles. The van der Waals surface area contributed by atoms with Gasteiger partial charge in [0.15, 0.2) is 11.6 Å². The average molecular weight is 455 g/mol. The van der Waals surface area contributed by atoms with Crippen LogP contribution in [0.1, 0.15) is 88.3 Å². The Balaban J connectivity index is 1.39. The van der Waals surface area contributed by atoms with Gasteiger partial charge in [0.05, 0.1) is 0 Å². The van der Waals surface area contributed by atoms with Crippen LogP contribution in [0.2, 0.25) is 0 Å². The number of hydrogen-bond acceptors (Lipinski definition) is 0. The van der Waals surface area contributed by atoms with Gasteiger partial charge >= 0.3 is 0 Å². The SMILES string of the molecule is CCCCC1CCC(CCC2=CCc3cc(-c4ccc(CC)c(F)c4F)c(F)cc3C2)CC1. The lowest BCUT2D eigenvalue weighted by molar-refractivity contribution is 0.249. The van der Waals surface area contributed by atoms with Crippen LogP contribution in [0, 0.1) is 29.3 Å². The van der Waals surface area contributed by atoms with Crippen LogP contribution < -0.4 is 0 Å². The Kier molecular flexibility index (Phi) is 7.98. The van der Waals surface area contributed by atoms with E-state index in [4.69, 9.17) is 0 Å². The molecule has 0 amide bonds. The van der Waals surface area contributed by atoms with Crippen molar-refractivity contribution in [1.29, 1.82) is 0 Å². The Morgan fingerprint density at radius 3 is 2.24 bits per heavy atom. The van der Waals surface area contributed by atoms with Gasteiger partial charge in [-0.2, -0.15) is 0 Å². The van der Waals surface area contributed by atoms with E-state index in [1.807, 2.05) is 0 Å². The van der Waals surface area contributed by atoms with Crippen molar-refractivity contribution >= 4 is 0 Å². The molecule has 0 radical (unpaired) electrons. The summed E-state index contributed by atoms with van der Waals surface area (Å²) < 4.78 is 43.9. The third-order valence-electron chi connectivity index (χ3n) is 7.96. The molecule has 0 aromatic heterocycles. The molecule has 0 atom stereocenters. The van der Waals surface area contributed by atoms with Gasteiger partial charge in [0.2, 0.25) is 0 Å². The van der Waals surface area contributed by atoms with Gasteiger partial charge in [-0.3, -0.25) is 0 Å². The molecule has 0 spiro atoms. The second kappa shape index (κ2) is 10.9. The highest BCUT2D eigenvalue weighted by Crippen LogP contribution is 2.37. The molecule has 33 heavy (non-hydrogen) atoms. The van der Waals surface area contributed by atoms with E-state index in [0.717, 1.165) is 42.2 Å². The molecule has 0 bridgehead atoms. The van der Waals surface area contributed by atoms with Crippen LogP contribution in [0.4, 0.5) is 13.2 Å². The molecule has 0 N–H and O–H groups in total. The summed E-state index contributed by atoms with van der Waals surface area (Å²) in [6.45, 7) is 4.05. The molecule has 0 heterocycles. The number of allylic oxidation sites excluding steroid dienone is 2. The molecular weight excluding hydrogens is 417 g/mol. The zero-order chi connectivity index (χ0) is 23.4. The highest BCUT2D eigenvalue weighted by Gasteiger charge is 2.23. The largest absolute Gasteiger partial charge is 0.206 e. The van der Waals surface area contributed by atoms with Gasteiger partial charge in [0.1, 0.15) is 5.82 Å². The van der Waals surface area contributed by atoms with Crippen LogP contribution in [0.5, 0.6) is 0 Å². The molecule has 178 valence electrons. The maximum Gasteiger partial charge on any atom is 0.167 e. The number of unbranched alkanes of at least 4 members (excludes halogenated alkanes) is 1. The van der Waals surface area contributed by atoms with E-state index in [0.29, 0.717) is 12.0 Å². The van der Waals surface area contributed by atoms with E-state index < -0.39 is 17.5 Å². The number of rotatable bonds is 8. The fraction of sp³-hybridized carbons (Fsp3) is 0.533. The number of fused-ring (bicyclic) bond motifs is 1. The standard InChI is InChI=1S/C30H37F3/c1-3-5-6-20-7-9-21(10-8-20)11-12-22-13-14-24-18-27(28(31)19-25(24)17-22)26-16-15-23(4-2)29(32)30(26)33/h13,15-16,18-21H,3-12,14,17H2,1-2H3. The van der Waals surface area contributed by atoms with Crippen molar-refractivity contribution in [3.05, 3.63) is 70.1 Å². The summed E-state index contributed by atoms with van der Waals surface area (Å²) in [5.41, 5.74) is 3.89. The van der Waals surface area contributed by atoms with Crippen LogP contribution in [0.25, 0.3) is 11.1 Å². The Labute approximate surface area is 197 Å². The first-order valence-electron chi connectivity index (χ1n) is 13.0. The van der Waals surface area contributed by atoms with Crippen molar-refractivity contribution in [3.8, 4) is 11.1 Å². The Morgan fingerprint density at radius 2 is 1.55 bits per heavy atom. The van der Waals surface area contributed by atoms with Gasteiger partial charge in [0, 0.05) is 11.1 Å². The molecule has 1 fully saturated rings. The molecule has 2 aliphatic rings. The van der Waals surface area contributed by atoms with Gasteiger partial charge < -0.3 is 0 Å². The van der Waals surface area contributed by atoms with Crippen molar-refractivity contribution in [2.24, 2.45) is 11.8 Å². The van der Waals surface area contributed by atoms with Gasteiger partial charge in [-0.25, -0.2) is 13.2 Å². The lowest BCUT2D eigenvalue weighted by Gasteiger charge is -2.29. The maximum absolute atomic E-state index is 15.0. The second-order valence-corrected chi connectivity index (χ2v) is 10.2. The van der Waals surface area contributed by atoms with Crippen molar-refractivity contribution < 1.29 is 13.2 Å². The highest BCUT2D eigenvalue weighted by atomic mass is 19.2. The molecule has 0 unspecified atom stereocenters. The average Bonchev–Trinajstić information content (AvgIpc) is 2.83. The van der Waals surface area contributed by atoms with Crippen molar-refractivity contribution in [2.75, 3.05) is 0 Å².